The summed E-state index contributed by atoms with van der Waals surface area (Å²) in [5.41, 5.74) is 0. The van der Waals surface area contributed by atoms with Crippen LogP contribution < -0.4 is 0 Å². The lowest BCUT2D eigenvalue weighted by atomic mass is 9.94. The maximum atomic E-state index is 12.0. The van der Waals surface area contributed by atoms with E-state index in [1.165, 1.54) is 25.7 Å². The summed E-state index contributed by atoms with van der Waals surface area (Å²) in [6.45, 7) is 14.4. The number of hydrogen-bond donors (Lipinski definition) is 0. The smallest absolute Gasteiger partial charge is 0.305 e. The highest BCUT2D eigenvalue weighted by Gasteiger charge is 2.14. The third kappa shape index (κ3) is 15.7. The summed E-state index contributed by atoms with van der Waals surface area (Å²) in [5.74, 6) is 2.13. The molecule has 0 saturated carbocycles. The first-order valence-electron chi connectivity index (χ1n) is 12.7. The first-order valence-corrected chi connectivity index (χ1v) is 12.7. The van der Waals surface area contributed by atoms with Crippen LogP contribution >= 0.6 is 0 Å². The van der Waals surface area contributed by atoms with E-state index in [9.17, 15) is 9.59 Å². The van der Waals surface area contributed by atoms with Gasteiger partial charge < -0.3 is 9.47 Å². The van der Waals surface area contributed by atoms with Gasteiger partial charge in [0.15, 0.2) is 0 Å². The van der Waals surface area contributed by atoms with E-state index < -0.39 is 0 Å². The van der Waals surface area contributed by atoms with Gasteiger partial charge in [-0.3, -0.25) is 9.59 Å². The maximum absolute atomic E-state index is 12.0. The summed E-state index contributed by atoms with van der Waals surface area (Å²) >= 11 is 0. The second-order valence-corrected chi connectivity index (χ2v) is 9.30. The first-order chi connectivity index (χ1) is 14.4. The highest BCUT2D eigenvalue weighted by molar-refractivity contribution is 5.70. The number of carbonyl (C=O) groups excluding carboxylic acids is 2. The minimum absolute atomic E-state index is 0.138. The number of rotatable bonds is 19. The Labute approximate surface area is 186 Å². The van der Waals surface area contributed by atoms with Gasteiger partial charge in [-0.1, -0.05) is 80.1 Å². The second kappa shape index (κ2) is 18.7. The van der Waals surface area contributed by atoms with E-state index >= 15 is 0 Å². The normalized spacial score (nSPS) is 15.3. The molecule has 0 heterocycles. The molecule has 0 aromatic rings. The molecule has 0 spiro atoms. The molecule has 0 rings (SSSR count). The average Bonchev–Trinajstić information content (AvgIpc) is 2.76. The fourth-order valence-electron chi connectivity index (χ4n) is 3.36. The molecule has 178 valence electrons. The Hall–Kier alpha value is -1.06. The number of esters is 2. The van der Waals surface area contributed by atoms with Gasteiger partial charge in [0, 0.05) is 12.8 Å². The van der Waals surface area contributed by atoms with E-state index in [1.807, 2.05) is 0 Å². The minimum Gasteiger partial charge on any atom is -0.465 e. The molecule has 0 aromatic carbocycles. The van der Waals surface area contributed by atoms with Gasteiger partial charge in [-0.2, -0.15) is 0 Å². The van der Waals surface area contributed by atoms with Crippen molar-refractivity contribution >= 4 is 11.9 Å². The zero-order chi connectivity index (χ0) is 22.8. The van der Waals surface area contributed by atoms with Crippen molar-refractivity contribution in [2.45, 2.75) is 119 Å². The van der Waals surface area contributed by atoms with Crippen LogP contribution in [0.5, 0.6) is 0 Å². The van der Waals surface area contributed by atoms with Gasteiger partial charge in [-0.25, -0.2) is 0 Å². The Morgan fingerprint density at radius 2 is 0.967 bits per heavy atom. The van der Waals surface area contributed by atoms with E-state index in [0.29, 0.717) is 50.7 Å². The van der Waals surface area contributed by atoms with Gasteiger partial charge in [0.1, 0.15) is 0 Å². The van der Waals surface area contributed by atoms with Crippen LogP contribution in [0.2, 0.25) is 0 Å². The lowest BCUT2D eigenvalue weighted by Crippen LogP contribution is -2.15. The highest BCUT2D eigenvalue weighted by atomic mass is 16.5. The fraction of sp³-hybridized carbons (Fsp3) is 0.923. The van der Waals surface area contributed by atoms with E-state index in [0.717, 1.165) is 37.5 Å². The van der Waals surface area contributed by atoms with Crippen LogP contribution in [0.4, 0.5) is 0 Å². The summed E-state index contributed by atoms with van der Waals surface area (Å²) in [6.07, 6.45) is 11.3. The lowest BCUT2D eigenvalue weighted by Gasteiger charge is -2.17. The van der Waals surface area contributed by atoms with Gasteiger partial charge in [0.05, 0.1) is 13.2 Å². The number of unbranched alkanes of at least 4 members (excludes halogenated alkanes) is 1. The topological polar surface area (TPSA) is 52.6 Å². The van der Waals surface area contributed by atoms with Crippen LogP contribution in [0.3, 0.4) is 0 Å². The largest absolute Gasteiger partial charge is 0.465 e. The lowest BCUT2D eigenvalue weighted by molar-refractivity contribution is -0.147. The summed E-state index contributed by atoms with van der Waals surface area (Å²) in [7, 11) is 0. The van der Waals surface area contributed by atoms with Crippen LogP contribution in [0.1, 0.15) is 119 Å². The molecule has 0 amide bonds. The van der Waals surface area contributed by atoms with Crippen molar-refractivity contribution in [2.75, 3.05) is 13.2 Å². The predicted molar refractivity (Wildman–Crippen MR) is 125 cm³/mol. The molecular formula is C26H50O4. The molecule has 0 bridgehead atoms. The van der Waals surface area contributed by atoms with Crippen LogP contribution in [-0.4, -0.2) is 25.2 Å². The SMILES string of the molecule is CCC(C)CCC(CC)COC(=O)CCCCC(=O)OCC(CC)CCC(C)CC. The summed E-state index contributed by atoms with van der Waals surface area (Å²) in [6, 6.07) is 0. The van der Waals surface area contributed by atoms with Crippen molar-refractivity contribution in [2.24, 2.45) is 23.7 Å². The predicted octanol–water partition coefficient (Wildman–Crippen LogP) is 7.34. The van der Waals surface area contributed by atoms with E-state index in [-0.39, 0.29) is 11.9 Å². The van der Waals surface area contributed by atoms with E-state index in [1.54, 1.807) is 0 Å². The Morgan fingerprint density at radius 3 is 1.27 bits per heavy atom. The average molecular weight is 427 g/mol. The molecule has 0 aromatic heterocycles. The van der Waals surface area contributed by atoms with E-state index in [4.69, 9.17) is 9.47 Å². The fourth-order valence-corrected chi connectivity index (χ4v) is 3.36. The quantitative estimate of drug-likeness (QED) is 0.160. The monoisotopic (exact) mass is 426 g/mol. The maximum Gasteiger partial charge on any atom is 0.305 e. The molecule has 4 atom stereocenters. The Balaban J connectivity index is 3.86. The highest BCUT2D eigenvalue weighted by Crippen LogP contribution is 2.19. The Kier molecular flexibility index (Phi) is 18.0. The molecule has 4 nitrogen and oxygen atoms in total. The molecule has 0 aliphatic heterocycles. The van der Waals surface area contributed by atoms with Gasteiger partial charge in [-0.05, 0) is 49.4 Å². The second-order valence-electron chi connectivity index (χ2n) is 9.30. The molecule has 0 N–H and O–H groups in total. The van der Waals surface area contributed by atoms with Crippen LogP contribution in [0.25, 0.3) is 0 Å². The van der Waals surface area contributed by atoms with Gasteiger partial charge in [0.25, 0.3) is 0 Å². The summed E-state index contributed by atoms with van der Waals surface area (Å²) in [4.78, 5) is 23.9. The zero-order valence-corrected chi connectivity index (χ0v) is 20.8. The number of ether oxygens (including phenoxy) is 2. The molecule has 0 fully saturated rings. The molecular weight excluding hydrogens is 376 g/mol. The van der Waals surface area contributed by atoms with Gasteiger partial charge in [0.2, 0.25) is 0 Å². The van der Waals surface area contributed by atoms with Crippen molar-refractivity contribution in [3.05, 3.63) is 0 Å². The Bertz CT molecular complexity index is 395. The third-order valence-electron chi connectivity index (χ3n) is 6.66. The van der Waals surface area contributed by atoms with Crippen molar-refractivity contribution in [3.63, 3.8) is 0 Å². The minimum atomic E-state index is -0.138. The molecule has 0 aliphatic carbocycles. The molecule has 4 unspecified atom stereocenters. The molecule has 0 aliphatic rings. The molecule has 0 saturated heterocycles. The Morgan fingerprint density at radius 1 is 0.600 bits per heavy atom. The molecule has 4 heteroatoms. The third-order valence-corrected chi connectivity index (χ3v) is 6.66. The van der Waals surface area contributed by atoms with E-state index in [2.05, 4.69) is 41.5 Å². The summed E-state index contributed by atoms with van der Waals surface area (Å²) < 4.78 is 10.9. The zero-order valence-electron chi connectivity index (χ0n) is 20.8. The van der Waals surface area contributed by atoms with Crippen molar-refractivity contribution in [1.29, 1.82) is 0 Å². The number of carbonyl (C=O) groups is 2. The summed E-state index contributed by atoms with van der Waals surface area (Å²) in [5, 5.41) is 0. The van der Waals surface area contributed by atoms with Crippen molar-refractivity contribution in [3.8, 4) is 0 Å². The van der Waals surface area contributed by atoms with Crippen LogP contribution in [-0.2, 0) is 19.1 Å². The molecule has 0 radical (unpaired) electrons. The van der Waals surface area contributed by atoms with Gasteiger partial charge >= 0.3 is 11.9 Å². The van der Waals surface area contributed by atoms with Gasteiger partial charge in [-0.15, -0.1) is 0 Å². The van der Waals surface area contributed by atoms with Crippen LogP contribution in [0, 0.1) is 23.7 Å². The molecule has 30 heavy (non-hydrogen) atoms. The standard InChI is InChI=1S/C26H50O4/c1-7-21(5)15-17-23(9-3)19-29-25(27)13-11-12-14-26(28)30-20-24(10-4)18-16-22(6)8-2/h21-24H,7-20H2,1-6H3. The first kappa shape index (κ1) is 28.9. The van der Waals surface area contributed by atoms with Crippen molar-refractivity contribution < 1.29 is 19.1 Å². The number of hydrogen-bond acceptors (Lipinski definition) is 4. The van der Waals surface area contributed by atoms with Crippen molar-refractivity contribution in [1.82, 2.24) is 0 Å². The van der Waals surface area contributed by atoms with Crippen LogP contribution in [0.15, 0.2) is 0 Å².